The summed E-state index contributed by atoms with van der Waals surface area (Å²) in [4.78, 5) is 27.3. The van der Waals surface area contributed by atoms with E-state index in [0.29, 0.717) is 41.1 Å². The van der Waals surface area contributed by atoms with Crippen LogP contribution in [0.5, 0.6) is 23.0 Å². The van der Waals surface area contributed by atoms with Gasteiger partial charge in [0, 0.05) is 33.2 Å². The minimum atomic E-state index is -0.316. The van der Waals surface area contributed by atoms with Crippen molar-refractivity contribution in [3.63, 3.8) is 0 Å². The summed E-state index contributed by atoms with van der Waals surface area (Å²) in [5, 5.41) is 0.664. The van der Waals surface area contributed by atoms with Gasteiger partial charge in [0.25, 0.3) is 11.1 Å². The Labute approximate surface area is 237 Å². The molecule has 8 nitrogen and oxygen atoms in total. The number of hydrogen-bond donors (Lipinski definition) is 0. The first-order chi connectivity index (χ1) is 19.0. The Kier molecular flexibility index (Phi) is 7.21. The number of ether oxygens (including phenoxy) is 4. The summed E-state index contributed by atoms with van der Waals surface area (Å²) < 4.78 is 25.4. The van der Waals surface area contributed by atoms with E-state index in [1.165, 1.54) is 4.90 Å². The average molecular weight is 607 g/mol. The van der Waals surface area contributed by atoms with Gasteiger partial charge in [0.05, 0.1) is 18.0 Å². The summed E-state index contributed by atoms with van der Waals surface area (Å²) in [6, 6.07) is 20.8. The molecule has 2 aliphatic rings. The standard InChI is InChI=1S/C29H23BrN2O6S/c30-20-6-8-24-23(15-20)19(17-31(24)10-12-36-22-7-9-25-26(16-22)38-18-37-25)14-27-28(33)32(29(34)39-27)11-13-35-21-4-2-1-3-5-21/h1-9,14-17H,10-13,18H2/b27-14-. The molecule has 0 bridgehead atoms. The number of thioether (sulfide) groups is 1. The van der Waals surface area contributed by atoms with Crippen LogP contribution in [0.1, 0.15) is 5.56 Å². The lowest BCUT2D eigenvalue weighted by Gasteiger charge is -2.13. The summed E-state index contributed by atoms with van der Waals surface area (Å²) in [7, 11) is 0. The molecule has 0 saturated carbocycles. The molecule has 1 fully saturated rings. The van der Waals surface area contributed by atoms with E-state index in [-0.39, 0.29) is 31.1 Å². The van der Waals surface area contributed by atoms with Crippen molar-refractivity contribution in [1.29, 1.82) is 0 Å². The topological polar surface area (TPSA) is 79.2 Å². The number of para-hydroxylation sites is 1. The average Bonchev–Trinajstić information content (AvgIpc) is 3.61. The van der Waals surface area contributed by atoms with Crippen molar-refractivity contribution in [3.8, 4) is 23.0 Å². The van der Waals surface area contributed by atoms with Crippen LogP contribution in [0.2, 0.25) is 0 Å². The Morgan fingerprint density at radius 2 is 1.69 bits per heavy atom. The van der Waals surface area contributed by atoms with E-state index in [1.807, 2.05) is 72.9 Å². The molecular weight excluding hydrogens is 584 g/mol. The molecule has 0 N–H and O–H groups in total. The molecule has 198 valence electrons. The Morgan fingerprint density at radius 3 is 2.56 bits per heavy atom. The van der Waals surface area contributed by atoms with Gasteiger partial charge in [-0.1, -0.05) is 34.1 Å². The van der Waals surface area contributed by atoms with Crippen molar-refractivity contribution in [2.24, 2.45) is 0 Å². The van der Waals surface area contributed by atoms with Gasteiger partial charge in [-0.15, -0.1) is 0 Å². The van der Waals surface area contributed by atoms with Crippen molar-refractivity contribution < 1.29 is 28.5 Å². The van der Waals surface area contributed by atoms with Gasteiger partial charge in [0.15, 0.2) is 11.5 Å². The van der Waals surface area contributed by atoms with Crippen molar-refractivity contribution in [2.45, 2.75) is 6.54 Å². The van der Waals surface area contributed by atoms with Gasteiger partial charge in [-0.05, 0) is 60.3 Å². The molecular formula is C29H23BrN2O6S. The molecule has 3 heterocycles. The second-order valence-corrected chi connectivity index (χ2v) is 10.7. The van der Waals surface area contributed by atoms with Crippen molar-refractivity contribution in [1.82, 2.24) is 9.47 Å². The minimum Gasteiger partial charge on any atom is -0.492 e. The molecule has 1 saturated heterocycles. The van der Waals surface area contributed by atoms with Crippen LogP contribution < -0.4 is 18.9 Å². The van der Waals surface area contributed by atoms with Crippen LogP contribution in [0.15, 0.2) is 82.3 Å². The maximum absolute atomic E-state index is 13.1. The Hall–Kier alpha value is -3.89. The highest BCUT2D eigenvalue weighted by Gasteiger charge is 2.35. The van der Waals surface area contributed by atoms with E-state index >= 15 is 0 Å². The van der Waals surface area contributed by atoms with Crippen LogP contribution in [0.25, 0.3) is 17.0 Å². The van der Waals surface area contributed by atoms with Gasteiger partial charge in [0.2, 0.25) is 6.79 Å². The molecule has 2 aliphatic heterocycles. The minimum absolute atomic E-state index is 0.182. The number of benzene rings is 3. The number of amides is 2. The molecule has 0 atom stereocenters. The zero-order chi connectivity index (χ0) is 26.8. The Bertz CT molecular complexity index is 1590. The van der Waals surface area contributed by atoms with Crippen LogP contribution >= 0.6 is 27.7 Å². The third-order valence-corrected chi connectivity index (χ3v) is 7.71. The highest BCUT2D eigenvalue weighted by molar-refractivity contribution is 9.10. The highest BCUT2D eigenvalue weighted by atomic mass is 79.9. The van der Waals surface area contributed by atoms with Crippen LogP contribution in [-0.2, 0) is 11.3 Å². The summed E-state index contributed by atoms with van der Waals surface area (Å²) in [6.07, 6.45) is 3.76. The first kappa shape index (κ1) is 25.4. The largest absolute Gasteiger partial charge is 0.492 e. The number of carbonyl (C=O) groups excluding carboxylic acids is 2. The third kappa shape index (κ3) is 5.48. The van der Waals surface area contributed by atoms with Crippen molar-refractivity contribution in [3.05, 3.63) is 87.9 Å². The summed E-state index contributed by atoms with van der Waals surface area (Å²) >= 11 is 4.49. The van der Waals surface area contributed by atoms with E-state index in [9.17, 15) is 9.59 Å². The molecule has 3 aromatic carbocycles. The van der Waals surface area contributed by atoms with E-state index < -0.39 is 0 Å². The third-order valence-electron chi connectivity index (χ3n) is 6.31. The number of aromatic nitrogens is 1. The second-order valence-electron chi connectivity index (χ2n) is 8.80. The molecule has 2 amide bonds. The van der Waals surface area contributed by atoms with E-state index in [0.717, 1.165) is 32.7 Å². The zero-order valence-electron chi connectivity index (χ0n) is 20.7. The van der Waals surface area contributed by atoms with Gasteiger partial charge >= 0.3 is 0 Å². The zero-order valence-corrected chi connectivity index (χ0v) is 23.1. The molecule has 0 spiro atoms. The van der Waals surface area contributed by atoms with Gasteiger partial charge < -0.3 is 23.5 Å². The van der Waals surface area contributed by atoms with Crippen LogP contribution in [0, 0.1) is 0 Å². The second kappa shape index (κ2) is 11.1. The molecule has 0 aliphatic carbocycles. The van der Waals surface area contributed by atoms with Crippen LogP contribution in [-0.4, -0.2) is 47.2 Å². The normalized spacial score (nSPS) is 15.5. The summed E-state index contributed by atoms with van der Waals surface area (Å²) in [5.74, 6) is 2.46. The summed E-state index contributed by atoms with van der Waals surface area (Å²) in [6.45, 7) is 1.63. The van der Waals surface area contributed by atoms with Crippen molar-refractivity contribution >= 4 is 55.8 Å². The molecule has 10 heteroatoms. The monoisotopic (exact) mass is 606 g/mol. The molecule has 4 aromatic rings. The molecule has 6 rings (SSSR count). The Balaban J connectivity index is 1.16. The Morgan fingerprint density at radius 1 is 0.897 bits per heavy atom. The number of nitrogens with zero attached hydrogens (tertiary/aromatic N) is 2. The van der Waals surface area contributed by atoms with Gasteiger partial charge in [-0.2, -0.15) is 0 Å². The molecule has 0 radical (unpaired) electrons. The van der Waals surface area contributed by atoms with Gasteiger partial charge in [-0.3, -0.25) is 14.5 Å². The maximum Gasteiger partial charge on any atom is 0.293 e. The fraction of sp³-hybridized carbons (Fsp3) is 0.172. The first-order valence-electron chi connectivity index (χ1n) is 12.3. The van der Waals surface area contributed by atoms with Crippen LogP contribution in [0.3, 0.4) is 0 Å². The number of fused-ring (bicyclic) bond motifs is 2. The smallest absolute Gasteiger partial charge is 0.293 e. The lowest BCUT2D eigenvalue weighted by Crippen LogP contribution is -2.32. The number of imide groups is 1. The fourth-order valence-electron chi connectivity index (χ4n) is 4.43. The first-order valence-corrected chi connectivity index (χ1v) is 13.9. The van der Waals surface area contributed by atoms with Crippen LogP contribution in [0.4, 0.5) is 4.79 Å². The predicted octanol–water partition coefficient (Wildman–Crippen LogP) is 6.33. The quantitative estimate of drug-likeness (QED) is 0.206. The summed E-state index contributed by atoms with van der Waals surface area (Å²) in [5.41, 5.74) is 1.84. The molecule has 1 aromatic heterocycles. The molecule has 0 unspecified atom stereocenters. The lowest BCUT2D eigenvalue weighted by atomic mass is 10.1. The maximum atomic E-state index is 13.1. The highest BCUT2D eigenvalue weighted by Crippen LogP contribution is 2.36. The number of carbonyl (C=O) groups is 2. The molecule has 39 heavy (non-hydrogen) atoms. The van der Waals surface area contributed by atoms with Crippen molar-refractivity contribution in [2.75, 3.05) is 26.6 Å². The predicted molar refractivity (Wildman–Crippen MR) is 152 cm³/mol. The number of halogens is 1. The fourth-order valence-corrected chi connectivity index (χ4v) is 5.65. The van der Waals surface area contributed by atoms with Gasteiger partial charge in [0.1, 0.15) is 24.7 Å². The SMILES string of the molecule is O=C1S/C(=C\c2cn(CCOc3ccc4c(c3)OCO4)c3ccc(Br)cc23)C(=O)N1CCOc1ccccc1. The van der Waals surface area contributed by atoms with E-state index in [4.69, 9.17) is 18.9 Å². The number of rotatable bonds is 9. The van der Waals surface area contributed by atoms with E-state index in [2.05, 4.69) is 20.5 Å². The van der Waals surface area contributed by atoms with E-state index in [1.54, 1.807) is 6.08 Å². The number of hydrogen-bond acceptors (Lipinski definition) is 7. The van der Waals surface area contributed by atoms with Gasteiger partial charge in [-0.25, -0.2) is 0 Å². The lowest BCUT2D eigenvalue weighted by molar-refractivity contribution is -0.123.